The van der Waals surface area contributed by atoms with Crippen molar-refractivity contribution in [3.63, 3.8) is 0 Å². The summed E-state index contributed by atoms with van der Waals surface area (Å²) < 4.78 is 1.57. The zero-order chi connectivity index (χ0) is 12.1. The van der Waals surface area contributed by atoms with Gasteiger partial charge < -0.3 is 10.2 Å². The van der Waals surface area contributed by atoms with Crippen molar-refractivity contribution in [2.75, 3.05) is 9.46 Å². The maximum atomic E-state index is 10.3. The molecule has 0 spiro atoms. The summed E-state index contributed by atoms with van der Waals surface area (Å²) in [6, 6.07) is 5.14. The van der Waals surface area contributed by atoms with Crippen LogP contribution in [-0.2, 0) is 4.79 Å². The Morgan fingerprint density at radius 1 is 1.56 bits per heavy atom. The van der Waals surface area contributed by atoms with Gasteiger partial charge in [0.1, 0.15) is 5.75 Å². The fourth-order valence-corrected chi connectivity index (χ4v) is 2.35. The highest BCUT2D eigenvalue weighted by molar-refractivity contribution is 8.11. The van der Waals surface area contributed by atoms with E-state index in [1.54, 1.807) is 22.8 Å². The SMILES string of the molecule is Cc1c(O)cccc1N(S)SCCC(=O)O. The summed E-state index contributed by atoms with van der Waals surface area (Å²) in [7, 11) is 0. The van der Waals surface area contributed by atoms with E-state index in [4.69, 9.17) is 5.11 Å². The average molecular weight is 259 g/mol. The van der Waals surface area contributed by atoms with Gasteiger partial charge in [-0.1, -0.05) is 18.9 Å². The number of carboxylic acid groups (broad SMARTS) is 1. The van der Waals surface area contributed by atoms with Crippen LogP contribution in [0.15, 0.2) is 18.2 Å². The number of phenolic OH excluding ortho intramolecular Hbond substituents is 1. The molecule has 0 radical (unpaired) electrons. The summed E-state index contributed by atoms with van der Waals surface area (Å²) in [5.74, 6) is -0.189. The third-order valence-corrected chi connectivity index (χ3v) is 3.40. The molecule has 0 amide bonds. The van der Waals surface area contributed by atoms with Crippen LogP contribution in [0.4, 0.5) is 5.69 Å². The Morgan fingerprint density at radius 2 is 2.25 bits per heavy atom. The monoisotopic (exact) mass is 259 g/mol. The largest absolute Gasteiger partial charge is 0.508 e. The molecule has 1 aromatic rings. The van der Waals surface area contributed by atoms with E-state index in [-0.39, 0.29) is 12.2 Å². The molecule has 0 fully saturated rings. The fourth-order valence-electron chi connectivity index (χ4n) is 1.11. The summed E-state index contributed by atoms with van der Waals surface area (Å²) >= 11 is 5.52. The number of rotatable bonds is 5. The van der Waals surface area contributed by atoms with Crippen molar-refractivity contribution in [2.24, 2.45) is 0 Å². The first kappa shape index (κ1) is 13.1. The minimum absolute atomic E-state index is 0.0829. The van der Waals surface area contributed by atoms with Gasteiger partial charge in [-0.3, -0.25) is 8.51 Å². The van der Waals surface area contributed by atoms with Gasteiger partial charge in [-0.25, -0.2) is 0 Å². The Balaban J connectivity index is 2.62. The van der Waals surface area contributed by atoms with Gasteiger partial charge >= 0.3 is 5.97 Å². The number of hydrogen-bond donors (Lipinski definition) is 3. The highest BCUT2D eigenvalue weighted by Crippen LogP contribution is 2.32. The number of nitrogens with zero attached hydrogens (tertiary/aromatic N) is 1. The minimum Gasteiger partial charge on any atom is -0.508 e. The van der Waals surface area contributed by atoms with Crippen LogP contribution in [0.2, 0.25) is 0 Å². The van der Waals surface area contributed by atoms with Gasteiger partial charge in [0.15, 0.2) is 0 Å². The van der Waals surface area contributed by atoms with E-state index < -0.39 is 5.97 Å². The van der Waals surface area contributed by atoms with E-state index in [0.717, 1.165) is 11.3 Å². The van der Waals surface area contributed by atoms with Gasteiger partial charge in [0, 0.05) is 11.3 Å². The topological polar surface area (TPSA) is 60.8 Å². The number of thiol groups is 1. The minimum atomic E-state index is -0.832. The van der Waals surface area contributed by atoms with E-state index in [9.17, 15) is 9.90 Å². The average Bonchev–Trinajstić information content (AvgIpc) is 2.21. The number of carbonyl (C=O) groups is 1. The smallest absolute Gasteiger partial charge is 0.304 e. The molecular formula is C10H13NO3S2. The number of hydrogen-bond acceptors (Lipinski definition) is 5. The maximum absolute atomic E-state index is 10.3. The molecule has 16 heavy (non-hydrogen) atoms. The van der Waals surface area contributed by atoms with Crippen LogP contribution in [0.5, 0.6) is 5.75 Å². The predicted octanol–water partition coefficient (Wildman–Crippen LogP) is 2.47. The molecule has 0 atom stereocenters. The molecule has 6 heteroatoms. The van der Waals surface area contributed by atoms with Crippen LogP contribution in [-0.4, -0.2) is 21.9 Å². The molecule has 0 heterocycles. The number of phenols is 1. The lowest BCUT2D eigenvalue weighted by Crippen LogP contribution is -2.05. The summed E-state index contributed by atoms with van der Waals surface area (Å²) in [6.45, 7) is 1.78. The van der Waals surface area contributed by atoms with Gasteiger partial charge in [0.2, 0.25) is 0 Å². The second-order valence-electron chi connectivity index (χ2n) is 3.17. The number of benzene rings is 1. The van der Waals surface area contributed by atoms with E-state index in [2.05, 4.69) is 12.8 Å². The molecule has 0 aliphatic rings. The normalized spacial score (nSPS) is 10.1. The second-order valence-corrected chi connectivity index (χ2v) is 4.87. The van der Waals surface area contributed by atoms with E-state index >= 15 is 0 Å². The first-order chi connectivity index (χ1) is 7.52. The van der Waals surface area contributed by atoms with Crippen LogP contribution < -0.4 is 3.71 Å². The number of anilines is 1. The Morgan fingerprint density at radius 3 is 2.88 bits per heavy atom. The first-order valence-electron chi connectivity index (χ1n) is 4.64. The van der Waals surface area contributed by atoms with E-state index in [1.165, 1.54) is 11.9 Å². The van der Waals surface area contributed by atoms with E-state index in [1.807, 2.05) is 6.07 Å². The van der Waals surface area contributed by atoms with Crippen molar-refractivity contribution < 1.29 is 15.0 Å². The molecule has 0 aliphatic carbocycles. The molecule has 0 aromatic heterocycles. The molecule has 0 unspecified atom stereocenters. The van der Waals surface area contributed by atoms with Crippen LogP contribution >= 0.6 is 24.8 Å². The fraction of sp³-hybridized carbons (Fsp3) is 0.300. The van der Waals surface area contributed by atoms with Crippen LogP contribution in [0.3, 0.4) is 0 Å². The van der Waals surface area contributed by atoms with Crippen molar-refractivity contribution in [1.82, 2.24) is 0 Å². The van der Waals surface area contributed by atoms with Crippen molar-refractivity contribution >= 4 is 36.4 Å². The summed E-state index contributed by atoms with van der Waals surface area (Å²) in [5.41, 5.74) is 1.49. The second kappa shape index (κ2) is 5.91. The Kier molecular flexibility index (Phi) is 4.82. The molecule has 1 aromatic carbocycles. The Labute approximate surface area is 104 Å². The molecule has 2 N–H and O–H groups in total. The molecule has 0 saturated heterocycles. The Hall–Kier alpha value is -1.01. The Bertz CT molecular complexity index is 384. The standard InChI is InChI=1S/C10H13NO3S2/c1-7-8(3-2-4-9(7)12)11(15)16-6-5-10(13)14/h2-4,12,15H,5-6H2,1H3,(H,13,14). The third kappa shape index (κ3) is 3.53. The van der Waals surface area contributed by atoms with Gasteiger partial charge in [-0.05, 0) is 31.0 Å². The highest BCUT2D eigenvalue weighted by Gasteiger charge is 2.09. The summed E-state index contributed by atoms with van der Waals surface area (Å²) in [5, 5.41) is 18.0. The van der Waals surface area contributed by atoms with Crippen molar-refractivity contribution in [3.8, 4) is 5.75 Å². The lowest BCUT2D eigenvalue weighted by Gasteiger charge is -2.18. The number of aromatic hydroxyl groups is 1. The van der Waals surface area contributed by atoms with Crippen LogP contribution in [0.1, 0.15) is 12.0 Å². The highest BCUT2D eigenvalue weighted by atomic mass is 32.2. The predicted molar refractivity (Wildman–Crippen MR) is 69.0 cm³/mol. The lowest BCUT2D eigenvalue weighted by atomic mass is 10.2. The number of carboxylic acids is 1. The van der Waals surface area contributed by atoms with Crippen molar-refractivity contribution in [1.29, 1.82) is 0 Å². The maximum Gasteiger partial charge on any atom is 0.304 e. The molecule has 1 rings (SSSR count). The van der Waals surface area contributed by atoms with Gasteiger partial charge in [-0.15, -0.1) is 0 Å². The zero-order valence-corrected chi connectivity index (χ0v) is 10.5. The van der Waals surface area contributed by atoms with Gasteiger partial charge in [0.25, 0.3) is 0 Å². The summed E-state index contributed by atoms with van der Waals surface area (Å²) in [4.78, 5) is 10.3. The molecule has 4 nitrogen and oxygen atoms in total. The zero-order valence-electron chi connectivity index (χ0n) is 8.75. The molecule has 0 aliphatic heterocycles. The lowest BCUT2D eigenvalue weighted by molar-refractivity contribution is -0.136. The van der Waals surface area contributed by atoms with Gasteiger partial charge in [-0.2, -0.15) is 0 Å². The van der Waals surface area contributed by atoms with Gasteiger partial charge in [0.05, 0.1) is 12.1 Å². The van der Waals surface area contributed by atoms with Crippen LogP contribution in [0.25, 0.3) is 0 Å². The molecule has 0 saturated carbocycles. The quantitative estimate of drug-likeness (QED) is 0.560. The molecule has 0 bridgehead atoms. The number of aliphatic carboxylic acids is 1. The van der Waals surface area contributed by atoms with E-state index in [0.29, 0.717) is 5.75 Å². The van der Waals surface area contributed by atoms with Crippen LogP contribution in [0, 0.1) is 6.92 Å². The summed E-state index contributed by atoms with van der Waals surface area (Å²) in [6.07, 6.45) is 0.0829. The molecular weight excluding hydrogens is 246 g/mol. The molecule has 88 valence electrons. The first-order valence-corrected chi connectivity index (χ1v) is 5.99. The van der Waals surface area contributed by atoms with Crippen molar-refractivity contribution in [3.05, 3.63) is 23.8 Å². The van der Waals surface area contributed by atoms with Crippen molar-refractivity contribution in [2.45, 2.75) is 13.3 Å². The third-order valence-electron chi connectivity index (χ3n) is 2.01.